The number of nitro groups is 1. The molecule has 19 heavy (non-hydrogen) atoms. The van der Waals surface area contributed by atoms with Gasteiger partial charge in [0.25, 0.3) is 0 Å². The Morgan fingerprint density at radius 2 is 2.05 bits per heavy atom. The fraction of sp³-hybridized carbons (Fsp3) is 0.583. The Kier molecular flexibility index (Phi) is 5.32. The molecular formula is C12H16Br2N2O3. The number of aromatic nitrogens is 1. The van der Waals surface area contributed by atoms with Gasteiger partial charge < -0.3 is 4.57 Å². The Labute approximate surface area is 128 Å². The molecule has 0 N–H and O–H groups in total. The predicted octanol–water partition coefficient (Wildman–Crippen LogP) is 3.58. The van der Waals surface area contributed by atoms with E-state index in [9.17, 15) is 14.9 Å². The fourth-order valence-corrected chi connectivity index (χ4v) is 3.28. The molecule has 1 heterocycles. The molecule has 7 heteroatoms. The summed E-state index contributed by atoms with van der Waals surface area (Å²) < 4.78 is 1.93. The fourth-order valence-electron chi connectivity index (χ4n) is 1.64. The first-order valence-corrected chi connectivity index (χ1v) is 7.68. The van der Waals surface area contributed by atoms with E-state index in [-0.39, 0.29) is 11.3 Å². The predicted molar refractivity (Wildman–Crippen MR) is 81.8 cm³/mol. The van der Waals surface area contributed by atoms with E-state index in [1.54, 1.807) is 6.20 Å². The number of halogens is 2. The van der Waals surface area contributed by atoms with Crippen LogP contribution in [0.1, 0.15) is 20.8 Å². The first-order chi connectivity index (χ1) is 8.66. The van der Waals surface area contributed by atoms with Crippen LogP contribution in [0.5, 0.6) is 0 Å². The molecule has 1 atom stereocenters. The number of hydrogen-bond acceptors (Lipinski definition) is 3. The molecule has 0 fully saturated rings. The summed E-state index contributed by atoms with van der Waals surface area (Å²) >= 11 is 6.64. The molecule has 5 nitrogen and oxygen atoms in total. The third kappa shape index (κ3) is 4.14. The van der Waals surface area contributed by atoms with E-state index in [2.05, 4.69) is 52.6 Å². The van der Waals surface area contributed by atoms with Crippen LogP contribution in [0.25, 0.3) is 0 Å². The Hall–Kier alpha value is -0.690. The van der Waals surface area contributed by atoms with Crippen molar-refractivity contribution in [2.24, 2.45) is 11.3 Å². The van der Waals surface area contributed by atoms with Gasteiger partial charge in [0.15, 0.2) is 0 Å². The van der Waals surface area contributed by atoms with Crippen LogP contribution in [0.15, 0.2) is 21.5 Å². The quantitative estimate of drug-likeness (QED) is 0.444. The van der Waals surface area contributed by atoms with E-state index in [4.69, 9.17) is 0 Å². The lowest BCUT2D eigenvalue weighted by molar-refractivity contribution is -0.386. The van der Waals surface area contributed by atoms with Crippen LogP contribution in [0.2, 0.25) is 0 Å². The highest BCUT2D eigenvalue weighted by Gasteiger charge is 2.26. The third-order valence-corrected chi connectivity index (χ3v) is 4.27. The molecule has 1 aromatic rings. The van der Waals surface area contributed by atoms with Crippen molar-refractivity contribution < 1.29 is 4.92 Å². The van der Waals surface area contributed by atoms with Gasteiger partial charge in [0, 0.05) is 28.6 Å². The minimum atomic E-state index is -0.649. The number of nitrogens with zero attached hydrogens (tertiary/aromatic N) is 2. The lowest BCUT2D eigenvalue weighted by atomic mass is 9.82. The zero-order chi connectivity index (χ0) is 14.8. The molecular weight excluding hydrogens is 380 g/mol. The summed E-state index contributed by atoms with van der Waals surface area (Å²) in [7, 11) is 0. The number of alkyl halides is 1. The normalized spacial score (nSPS) is 13.3. The lowest BCUT2D eigenvalue weighted by Crippen LogP contribution is -2.32. The molecule has 0 aliphatic carbocycles. The topological polar surface area (TPSA) is 65.1 Å². The first-order valence-electron chi connectivity index (χ1n) is 5.77. The van der Waals surface area contributed by atoms with E-state index in [1.807, 2.05) is 0 Å². The van der Waals surface area contributed by atoms with Gasteiger partial charge >= 0.3 is 11.2 Å². The summed E-state index contributed by atoms with van der Waals surface area (Å²) in [6, 6.07) is 1.24. The van der Waals surface area contributed by atoms with Gasteiger partial charge in [0.1, 0.15) is 0 Å². The minimum absolute atomic E-state index is 0.0000371. The average molecular weight is 396 g/mol. The van der Waals surface area contributed by atoms with Crippen LogP contribution < -0.4 is 5.56 Å². The summed E-state index contributed by atoms with van der Waals surface area (Å²) in [4.78, 5) is 22.2. The Morgan fingerprint density at radius 3 is 2.47 bits per heavy atom. The maximum atomic E-state index is 12.0. The van der Waals surface area contributed by atoms with Crippen molar-refractivity contribution in [3.8, 4) is 0 Å². The molecule has 1 rings (SSSR count). The van der Waals surface area contributed by atoms with E-state index >= 15 is 0 Å². The Balaban J connectivity index is 3.22. The van der Waals surface area contributed by atoms with Crippen LogP contribution in [-0.4, -0.2) is 14.8 Å². The molecule has 106 valence electrons. The lowest BCUT2D eigenvalue weighted by Gasteiger charge is -2.29. The molecule has 1 unspecified atom stereocenters. The van der Waals surface area contributed by atoms with Crippen LogP contribution in [0, 0.1) is 21.4 Å². The first kappa shape index (κ1) is 16.4. The minimum Gasteiger partial charge on any atom is -0.308 e. The number of rotatable bonds is 4. The molecule has 0 spiro atoms. The van der Waals surface area contributed by atoms with Crippen molar-refractivity contribution in [2.75, 3.05) is 5.33 Å². The van der Waals surface area contributed by atoms with Crippen LogP contribution in [0.3, 0.4) is 0 Å². The number of pyridine rings is 1. The highest BCUT2D eigenvalue weighted by molar-refractivity contribution is 9.10. The summed E-state index contributed by atoms with van der Waals surface area (Å²) in [5, 5.41) is 11.6. The molecule has 0 saturated carbocycles. The Morgan fingerprint density at radius 1 is 1.47 bits per heavy atom. The maximum absolute atomic E-state index is 12.0. The molecule has 0 bridgehead atoms. The van der Waals surface area contributed by atoms with Crippen molar-refractivity contribution in [1.29, 1.82) is 0 Å². The zero-order valence-electron chi connectivity index (χ0n) is 11.0. The molecule has 0 aromatic carbocycles. The molecule has 1 aromatic heterocycles. The SMILES string of the molecule is CC(C)(C)C(CBr)Cn1cc(Br)cc([N+](=O)[O-])c1=O. The third-order valence-electron chi connectivity index (χ3n) is 3.06. The largest absolute Gasteiger partial charge is 0.335 e. The van der Waals surface area contributed by atoms with Gasteiger partial charge in [-0.2, -0.15) is 0 Å². The maximum Gasteiger partial charge on any atom is 0.335 e. The Bertz CT molecular complexity index is 535. The van der Waals surface area contributed by atoms with Gasteiger partial charge in [0.05, 0.1) is 4.92 Å². The monoisotopic (exact) mass is 394 g/mol. The average Bonchev–Trinajstić information content (AvgIpc) is 2.27. The van der Waals surface area contributed by atoms with E-state index < -0.39 is 16.2 Å². The standard InChI is InChI=1S/C12H16Br2N2O3/c1-12(2,3)8(5-13)6-15-7-9(14)4-10(11(15)17)16(18)19/h4,7-8H,5-6H2,1-3H3. The molecule has 0 aliphatic rings. The van der Waals surface area contributed by atoms with Gasteiger partial charge in [-0.25, -0.2) is 0 Å². The highest BCUT2D eigenvalue weighted by atomic mass is 79.9. The second-order valence-corrected chi connectivity index (χ2v) is 7.04. The van der Waals surface area contributed by atoms with Gasteiger partial charge in [-0.3, -0.25) is 14.9 Å². The van der Waals surface area contributed by atoms with Crippen LogP contribution in [0.4, 0.5) is 5.69 Å². The molecule has 0 amide bonds. The van der Waals surface area contributed by atoms with Gasteiger partial charge in [-0.05, 0) is 27.3 Å². The van der Waals surface area contributed by atoms with Gasteiger partial charge in [0.2, 0.25) is 0 Å². The van der Waals surface area contributed by atoms with Crippen LogP contribution in [-0.2, 0) is 6.54 Å². The molecule has 0 radical (unpaired) electrons. The van der Waals surface area contributed by atoms with Crippen LogP contribution >= 0.6 is 31.9 Å². The second-order valence-electron chi connectivity index (χ2n) is 5.48. The van der Waals surface area contributed by atoms with Crippen molar-refractivity contribution in [2.45, 2.75) is 27.3 Å². The smallest absolute Gasteiger partial charge is 0.308 e. The zero-order valence-corrected chi connectivity index (χ0v) is 14.2. The second kappa shape index (κ2) is 6.17. The van der Waals surface area contributed by atoms with Gasteiger partial charge in [-0.1, -0.05) is 36.7 Å². The van der Waals surface area contributed by atoms with Crippen molar-refractivity contribution in [3.63, 3.8) is 0 Å². The number of hydrogen-bond donors (Lipinski definition) is 0. The van der Waals surface area contributed by atoms with Crippen molar-refractivity contribution in [3.05, 3.63) is 37.2 Å². The summed E-state index contributed by atoms with van der Waals surface area (Å²) in [5.74, 6) is 0.194. The molecule has 0 aliphatic heterocycles. The van der Waals surface area contributed by atoms with Crippen molar-refractivity contribution >= 4 is 37.5 Å². The summed E-state index contributed by atoms with van der Waals surface area (Å²) in [5.41, 5.74) is -0.972. The van der Waals surface area contributed by atoms with E-state index in [0.29, 0.717) is 11.0 Å². The van der Waals surface area contributed by atoms with Crippen molar-refractivity contribution in [1.82, 2.24) is 4.57 Å². The summed E-state index contributed by atoms with van der Waals surface area (Å²) in [6.45, 7) is 6.68. The van der Waals surface area contributed by atoms with E-state index in [0.717, 1.165) is 5.33 Å². The molecule has 0 saturated heterocycles. The van der Waals surface area contributed by atoms with Gasteiger partial charge in [-0.15, -0.1) is 0 Å². The summed E-state index contributed by atoms with van der Waals surface area (Å²) in [6.07, 6.45) is 1.59. The van der Waals surface area contributed by atoms with E-state index in [1.165, 1.54) is 10.6 Å². The highest BCUT2D eigenvalue weighted by Crippen LogP contribution is 2.29.